The predicted molar refractivity (Wildman–Crippen MR) is 67.5 cm³/mol. The number of aromatic nitrogens is 3. The summed E-state index contributed by atoms with van der Waals surface area (Å²) in [6.45, 7) is 2.37. The zero-order valence-corrected chi connectivity index (χ0v) is 11.4. The molecule has 0 aliphatic heterocycles. The van der Waals surface area contributed by atoms with Crippen molar-refractivity contribution in [1.29, 1.82) is 0 Å². The van der Waals surface area contributed by atoms with Crippen LogP contribution in [0, 0.1) is 5.82 Å². The van der Waals surface area contributed by atoms with E-state index in [0.717, 1.165) is 11.3 Å². The summed E-state index contributed by atoms with van der Waals surface area (Å²) in [4.78, 5) is 0. The Morgan fingerprint density at radius 2 is 2.29 bits per heavy atom. The Morgan fingerprint density at radius 3 is 2.88 bits per heavy atom. The summed E-state index contributed by atoms with van der Waals surface area (Å²) in [6, 6.07) is 4.85. The Morgan fingerprint density at radius 1 is 1.53 bits per heavy atom. The standard InChI is InChI=1S/C11H10BrClFN3/c1-7(13)11-6-17(16-15-11)5-8-2-3-10(14)9(12)4-8/h2-4,6-7H,5H2,1H3. The van der Waals surface area contributed by atoms with E-state index < -0.39 is 0 Å². The van der Waals surface area contributed by atoms with Crippen molar-refractivity contribution in [2.45, 2.75) is 18.8 Å². The van der Waals surface area contributed by atoms with Gasteiger partial charge in [0.05, 0.1) is 22.6 Å². The fourth-order valence-corrected chi connectivity index (χ4v) is 1.92. The molecular weight excluding hydrogens is 308 g/mol. The SMILES string of the molecule is CC(Cl)c1cn(Cc2ccc(F)c(Br)c2)nn1. The van der Waals surface area contributed by atoms with Gasteiger partial charge in [-0.15, -0.1) is 16.7 Å². The lowest BCUT2D eigenvalue weighted by Crippen LogP contribution is -2.00. The van der Waals surface area contributed by atoms with Crippen molar-refractivity contribution in [3.05, 3.63) is 45.9 Å². The number of alkyl halides is 1. The van der Waals surface area contributed by atoms with E-state index in [-0.39, 0.29) is 11.2 Å². The highest BCUT2D eigenvalue weighted by Crippen LogP contribution is 2.18. The minimum atomic E-state index is -0.276. The molecule has 90 valence electrons. The van der Waals surface area contributed by atoms with Crippen LogP contribution >= 0.6 is 27.5 Å². The molecule has 1 aromatic heterocycles. The van der Waals surface area contributed by atoms with Crippen molar-refractivity contribution >= 4 is 27.5 Å². The highest BCUT2D eigenvalue weighted by molar-refractivity contribution is 9.10. The summed E-state index contributed by atoms with van der Waals surface area (Å²) in [6.07, 6.45) is 1.79. The Labute approximate surface area is 112 Å². The van der Waals surface area contributed by atoms with Crippen LogP contribution in [0.15, 0.2) is 28.9 Å². The lowest BCUT2D eigenvalue weighted by atomic mass is 10.2. The third-order valence-electron chi connectivity index (χ3n) is 2.29. The third kappa shape index (κ3) is 3.04. The fourth-order valence-electron chi connectivity index (χ4n) is 1.40. The molecule has 0 saturated heterocycles. The van der Waals surface area contributed by atoms with E-state index in [1.807, 2.05) is 6.92 Å². The average Bonchev–Trinajstić information content (AvgIpc) is 2.72. The molecule has 0 fully saturated rings. The van der Waals surface area contributed by atoms with Crippen LogP contribution in [-0.2, 0) is 6.54 Å². The van der Waals surface area contributed by atoms with Crippen LogP contribution in [0.3, 0.4) is 0 Å². The molecule has 1 atom stereocenters. The van der Waals surface area contributed by atoms with Gasteiger partial charge < -0.3 is 0 Å². The molecule has 6 heteroatoms. The van der Waals surface area contributed by atoms with E-state index in [4.69, 9.17) is 11.6 Å². The molecule has 2 aromatic rings. The number of nitrogens with zero attached hydrogens (tertiary/aromatic N) is 3. The van der Waals surface area contributed by atoms with Crippen molar-refractivity contribution in [2.24, 2.45) is 0 Å². The maximum absolute atomic E-state index is 13.0. The molecule has 0 spiro atoms. The predicted octanol–water partition coefficient (Wildman–Crippen LogP) is 3.53. The summed E-state index contributed by atoms with van der Waals surface area (Å²) in [5, 5.41) is 7.74. The average molecular weight is 319 g/mol. The first-order chi connectivity index (χ1) is 8.06. The van der Waals surface area contributed by atoms with Gasteiger partial charge in [-0.3, -0.25) is 0 Å². The zero-order chi connectivity index (χ0) is 12.4. The molecule has 1 unspecified atom stereocenters. The second-order valence-corrected chi connectivity index (χ2v) is 5.21. The Bertz CT molecular complexity index is 527. The molecule has 0 bridgehead atoms. The molecule has 0 N–H and O–H groups in total. The first kappa shape index (κ1) is 12.5. The summed E-state index contributed by atoms with van der Waals surface area (Å²) < 4.78 is 15.2. The van der Waals surface area contributed by atoms with E-state index in [0.29, 0.717) is 11.0 Å². The first-order valence-electron chi connectivity index (χ1n) is 5.04. The second-order valence-electron chi connectivity index (χ2n) is 3.71. The quantitative estimate of drug-likeness (QED) is 0.811. The Kier molecular flexibility index (Phi) is 3.79. The van der Waals surface area contributed by atoms with E-state index in [1.54, 1.807) is 23.0 Å². The fraction of sp³-hybridized carbons (Fsp3) is 0.273. The summed E-state index contributed by atoms with van der Waals surface area (Å²) in [7, 11) is 0. The van der Waals surface area contributed by atoms with Gasteiger partial charge in [0.2, 0.25) is 0 Å². The van der Waals surface area contributed by atoms with E-state index >= 15 is 0 Å². The number of halogens is 3. The lowest BCUT2D eigenvalue weighted by Gasteiger charge is -2.02. The van der Waals surface area contributed by atoms with Gasteiger partial charge in [0.1, 0.15) is 11.5 Å². The van der Waals surface area contributed by atoms with Crippen LogP contribution in [0.2, 0.25) is 0 Å². The normalized spacial score (nSPS) is 12.7. The number of hydrogen-bond acceptors (Lipinski definition) is 2. The van der Waals surface area contributed by atoms with Crippen LogP contribution in [0.5, 0.6) is 0 Å². The minimum Gasteiger partial charge on any atom is -0.248 e. The Balaban J connectivity index is 2.16. The van der Waals surface area contributed by atoms with Crippen molar-refractivity contribution in [3.63, 3.8) is 0 Å². The number of rotatable bonds is 3. The van der Waals surface area contributed by atoms with Crippen molar-refractivity contribution in [3.8, 4) is 0 Å². The van der Waals surface area contributed by atoms with Gasteiger partial charge in [0, 0.05) is 0 Å². The highest BCUT2D eigenvalue weighted by Gasteiger charge is 2.07. The molecule has 17 heavy (non-hydrogen) atoms. The van der Waals surface area contributed by atoms with Crippen LogP contribution in [-0.4, -0.2) is 15.0 Å². The summed E-state index contributed by atoms with van der Waals surface area (Å²) in [5.74, 6) is -0.276. The van der Waals surface area contributed by atoms with Crippen LogP contribution in [0.25, 0.3) is 0 Å². The van der Waals surface area contributed by atoms with Crippen LogP contribution < -0.4 is 0 Å². The van der Waals surface area contributed by atoms with Crippen molar-refractivity contribution < 1.29 is 4.39 Å². The van der Waals surface area contributed by atoms with Gasteiger partial charge in [-0.25, -0.2) is 9.07 Å². The molecule has 0 radical (unpaired) electrons. The smallest absolute Gasteiger partial charge is 0.137 e. The van der Waals surface area contributed by atoms with E-state index in [9.17, 15) is 4.39 Å². The van der Waals surface area contributed by atoms with Gasteiger partial charge in [-0.2, -0.15) is 0 Å². The lowest BCUT2D eigenvalue weighted by molar-refractivity contribution is 0.615. The monoisotopic (exact) mass is 317 g/mol. The minimum absolute atomic E-state index is 0.163. The largest absolute Gasteiger partial charge is 0.248 e. The van der Waals surface area contributed by atoms with Gasteiger partial charge in [-0.1, -0.05) is 11.3 Å². The zero-order valence-electron chi connectivity index (χ0n) is 9.07. The van der Waals surface area contributed by atoms with Crippen LogP contribution in [0.1, 0.15) is 23.6 Å². The van der Waals surface area contributed by atoms with Crippen molar-refractivity contribution in [2.75, 3.05) is 0 Å². The number of benzene rings is 1. The molecule has 0 saturated carbocycles. The van der Waals surface area contributed by atoms with Crippen LogP contribution in [0.4, 0.5) is 4.39 Å². The maximum Gasteiger partial charge on any atom is 0.137 e. The van der Waals surface area contributed by atoms with Gasteiger partial charge in [-0.05, 0) is 40.5 Å². The molecular formula is C11H10BrClFN3. The van der Waals surface area contributed by atoms with Gasteiger partial charge >= 0.3 is 0 Å². The van der Waals surface area contributed by atoms with E-state index in [1.165, 1.54) is 6.07 Å². The Hall–Kier alpha value is -0.940. The van der Waals surface area contributed by atoms with Crippen molar-refractivity contribution in [1.82, 2.24) is 15.0 Å². The second kappa shape index (κ2) is 5.14. The summed E-state index contributed by atoms with van der Waals surface area (Å²) in [5.41, 5.74) is 1.67. The molecule has 0 aliphatic carbocycles. The van der Waals surface area contributed by atoms with E-state index in [2.05, 4.69) is 26.2 Å². The topological polar surface area (TPSA) is 30.7 Å². The van der Waals surface area contributed by atoms with Gasteiger partial charge in [0.15, 0.2) is 0 Å². The molecule has 0 aliphatic rings. The first-order valence-corrected chi connectivity index (χ1v) is 6.27. The summed E-state index contributed by atoms with van der Waals surface area (Å²) >= 11 is 9.04. The molecule has 0 amide bonds. The highest BCUT2D eigenvalue weighted by atomic mass is 79.9. The third-order valence-corrected chi connectivity index (χ3v) is 3.12. The maximum atomic E-state index is 13.0. The molecule has 1 heterocycles. The molecule has 1 aromatic carbocycles. The molecule has 2 rings (SSSR count). The molecule has 3 nitrogen and oxygen atoms in total. The number of hydrogen-bond donors (Lipinski definition) is 0. The van der Waals surface area contributed by atoms with Gasteiger partial charge in [0.25, 0.3) is 0 Å².